The summed E-state index contributed by atoms with van der Waals surface area (Å²) >= 11 is 0. The molecule has 0 heterocycles. The van der Waals surface area contributed by atoms with Gasteiger partial charge in [0.1, 0.15) is 5.83 Å². The lowest BCUT2D eigenvalue weighted by Crippen LogP contribution is -1.86. The fourth-order valence-electron chi connectivity index (χ4n) is 0.586. The first-order chi connectivity index (χ1) is 3.70. The van der Waals surface area contributed by atoms with Crippen molar-refractivity contribution in [1.82, 2.24) is 0 Å². The average molecular weight is 112 g/mol. The van der Waals surface area contributed by atoms with Crippen LogP contribution < -0.4 is 0 Å². The largest absolute Gasteiger partial charge is 0.290 e. The van der Waals surface area contributed by atoms with Crippen LogP contribution in [0.2, 0.25) is 0 Å². The van der Waals surface area contributed by atoms with E-state index in [1.54, 1.807) is 0 Å². The van der Waals surface area contributed by atoms with E-state index in [4.69, 9.17) is 0 Å². The highest BCUT2D eigenvalue weighted by Gasteiger charge is 2.14. The molecule has 0 saturated carbocycles. The minimum absolute atomic E-state index is 0.110. The summed E-state index contributed by atoms with van der Waals surface area (Å²) < 4.78 is 12.0. The molecule has 0 aromatic carbocycles. The second-order valence-corrected chi connectivity index (χ2v) is 1.74. The summed E-state index contributed by atoms with van der Waals surface area (Å²) in [6.07, 6.45) is 1.08. The van der Waals surface area contributed by atoms with Crippen LogP contribution in [0.3, 0.4) is 0 Å². The Bertz CT molecular complexity index is 179. The maximum absolute atomic E-state index is 12.0. The summed E-state index contributed by atoms with van der Waals surface area (Å²) in [7, 11) is 0. The van der Waals surface area contributed by atoms with Gasteiger partial charge in [-0.25, -0.2) is 4.39 Å². The third-order valence-corrected chi connectivity index (χ3v) is 1.02. The number of ketones is 1. The number of hydrogen-bond acceptors (Lipinski definition) is 1. The van der Waals surface area contributed by atoms with Gasteiger partial charge in [0, 0.05) is 12.5 Å². The minimum atomic E-state index is -0.375. The summed E-state index contributed by atoms with van der Waals surface area (Å²) in [6, 6.07) is 0. The third kappa shape index (κ3) is 0.689. The highest BCUT2D eigenvalue weighted by molar-refractivity contribution is 6.06. The molecule has 8 heavy (non-hydrogen) atoms. The van der Waals surface area contributed by atoms with Crippen LogP contribution >= 0.6 is 0 Å². The van der Waals surface area contributed by atoms with Crippen LogP contribution in [0.5, 0.6) is 0 Å². The first-order valence-electron chi connectivity index (χ1n) is 2.28. The monoisotopic (exact) mass is 112 g/mol. The van der Waals surface area contributed by atoms with Crippen molar-refractivity contribution in [2.45, 2.75) is 6.42 Å². The molecular weight excluding hydrogens is 107 g/mol. The Labute approximate surface area is 46.5 Å². The molecule has 0 aliphatic heterocycles. The van der Waals surface area contributed by atoms with Crippen molar-refractivity contribution >= 4 is 5.78 Å². The fourth-order valence-corrected chi connectivity index (χ4v) is 0.586. The standard InChI is InChI=1S/C6H5FO/c1-4-2-5(7)3-6(4)8/h3H,1-2H2. The molecule has 1 rings (SSSR count). The highest BCUT2D eigenvalue weighted by atomic mass is 19.1. The summed E-state index contributed by atoms with van der Waals surface area (Å²) in [5.41, 5.74) is 0.350. The molecule has 2 heteroatoms. The molecule has 0 spiro atoms. The van der Waals surface area contributed by atoms with Gasteiger partial charge < -0.3 is 0 Å². The summed E-state index contributed by atoms with van der Waals surface area (Å²) in [6.45, 7) is 3.34. The Hall–Kier alpha value is -0.920. The van der Waals surface area contributed by atoms with Crippen molar-refractivity contribution < 1.29 is 9.18 Å². The van der Waals surface area contributed by atoms with E-state index >= 15 is 0 Å². The SMILES string of the molecule is C=C1CC(F)=CC1=O. The van der Waals surface area contributed by atoms with E-state index in [1.165, 1.54) is 0 Å². The molecule has 1 nitrogen and oxygen atoms in total. The Morgan fingerprint density at radius 3 is 2.50 bits per heavy atom. The number of carbonyl (C=O) groups excluding carboxylic acids is 1. The van der Waals surface area contributed by atoms with Crippen LogP contribution in [0.4, 0.5) is 4.39 Å². The smallest absolute Gasteiger partial charge is 0.184 e. The summed E-state index contributed by atoms with van der Waals surface area (Å²) in [5, 5.41) is 0. The zero-order valence-corrected chi connectivity index (χ0v) is 4.28. The molecule has 0 unspecified atom stereocenters. The summed E-state index contributed by atoms with van der Waals surface area (Å²) in [5.74, 6) is -0.650. The topological polar surface area (TPSA) is 17.1 Å². The maximum Gasteiger partial charge on any atom is 0.184 e. The minimum Gasteiger partial charge on any atom is -0.290 e. The molecule has 0 saturated heterocycles. The lowest BCUT2D eigenvalue weighted by atomic mass is 10.2. The zero-order chi connectivity index (χ0) is 6.15. The van der Waals surface area contributed by atoms with Gasteiger partial charge in [-0.05, 0) is 5.57 Å². The molecule has 0 radical (unpaired) electrons. The van der Waals surface area contributed by atoms with Gasteiger partial charge >= 0.3 is 0 Å². The number of halogens is 1. The lowest BCUT2D eigenvalue weighted by Gasteiger charge is -1.82. The third-order valence-electron chi connectivity index (χ3n) is 1.02. The number of rotatable bonds is 0. The molecule has 0 fully saturated rings. The van der Waals surface area contributed by atoms with Crippen LogP contribution in [0.1, 0.15) is 6.42 Å². The molecule has 42 valence electrons. The number of hydrogen-bond donors (Lipinski definition) is 0. The normalized spacial score (nSPS) is 19.4. The highest BCUT2D eigenvalue weighted by Crippen LogP contribution is 2.19. The Morgan fingerprint density at radius 1 is 1.75 bits per heavy atom. The summed E-state index contributed by atoms with van der Waals surface area (Å²) in [4.78, 5) is 10.4. The first-order valence-corrected chi connectivity index (χ1v) is 2.28. The molecule has 0 bridgehead atoms. The predicted octanol–water partition coefficient (Wildman–Crippen LogP) is 1.37. The zero-order valence-electron chi connectivity index (χ0n) is 4.28. The fraction of sp³-hybridized carbons (Fsp3) is 0.167. The van der Waals surface area contributed by atoms with E-state index in [9.17, 15) is 9.18 Å². The van der Waals surface area contributed by atoms with Crippen molar-refractivity contribution in [3.63, 3.8) is 0 Å². The average Bonchev–Trinajstić information content (AvgIpc) is 1.85. The Balaban J connectivity index is 2.85. The van der Waals surface area contributed by atoms with E-state index in [1.807, 2.05) is 0 Å². The molecule has 0 N–H and O–H groups in total. The van der Waals surface area contributed by atoms with Gasteiger partial charge in [0.05, 0.1) is 0 Å². The van der Waals surface area contributed by atoms with E-state index in [0.717, 1.165) is 6.08 Å². The molecule has 0 atom stereocenters. The lowest BCUT2D eigenvalue weighted by molar-refractivity contribution is -0.111. The molecule has 1 aliphatic carbocycles. The van der Waals surface area contributed by atoms with Crippen molar-refractivity contribution in [2.75, 3.05) is 0 Å². The first kappa shape index (κ1) is 5.22. The van der Waals surface area contributed by atoms with Crippen LogP contribution in [0, 0.1) is 0 Å². The van der Waals surface area contributed by atoms with Crippen LogP contribution in [0.25, 0.3) is 0 Å². The van der Waals surface area contributed by atoms with E-state index in [-0.39, 0.29) is 18.0 Å². The van der Waals surface area contributed by atoms with Crippen molar-refractivity contribution in [2.24, 2.45) is 0 Å². The molecule has 1 aliphatic rings. The van der Waals surface area contributed by atoms with Crippen LogP contribution in [-0.2, 0) is 4.79 Å². The predicted molar refractivity (Wildman–Crippen MR) is 28.0 cm³/mol. The Morgan fingerprint density at radius 2 is 2.38 bits per heavy atom. The van der Waals surface area contributed by atoms with Crippen molar-refractivity contribution in [1.29, 1.82) is 0 Å². The van der Waals surface area contributed by atoms with Crippen molar-refractivity contribution in [3.05, 3.63) is 24.1 Å². The number of carbonyl (C=O) groups is 1. The van der Waals surface area contributed by atoms with Gasteiger partial charge in [-0.15, -0.1) is 0 Å². The van der Waals surface area contributed by atoms with Gasteiger partial charge in [0.2, 0.25) is 0 Å². The van der Waals surface area contributed by atoms with Gasteiger partial charge in [-0.2, -0.15) is 0 Å². The Kier molecular flexibility index (Phi) is 1.01. The molecule has 0 amide bonds. The van der Waals surface area contributed by atoms with Crippen LogP contribution in [-0.4, -0.2) is 5.78 Å². The van der Waals surface area contributed by atoms with E-state index in [2.05, 4.69) is 6.58 Å². The van der Waals surface area contributed by atoms with Gasteiger partial charge in [0.15, 0.2) is 5.78 Å². The van der Waals surface area contributed by atoms with E-state index < -0.39 is 0 Å². The van der Waals surface area contributed by atoms with Crippen LogP contribution in [0.15, 0.2) is 24.1 Å². The molecule has 0 aromatic heterocycles. The molecular formula is C6H5FO. The second-order valence-electron chi connectivity index (χ2n) is 1.74. The van der Waals surface area contributed by atoms with E-state index in [0.29, 0.717) is 5.57 Å². The van der Waals surface area contributed by atoms with Gasteiger partial charge in [-0.1, -0.05) is 6.58 Å². The number of allylic oxidation sites excluding steroid dienone is 3. The van der Waals surface area contributed by atoms with Gasteiger partial charge in [-0.3, -0.25) is 4.79 Å². The second kappa shape index (κ2) is 1.54. The van der Waals surface area contributed by atoms with Crippen molar-refractivity contribution in [3.8, 4) is 0 Å². The maximum atomic E-state index is 12.0. The van der Waals surface area contributed by atoms with Gasteiger partial charge in [0.25, 0.3) is 0 Å². The molecule has 0 aromatic rings. The quantitative estimate of drug-likeness (QED) is 0.432.